The van der Waals surface area contributed by atoms with Crippen LogP contribution >= 0.6 is 0 Å². The van der Waals surface area contributed by atoms with Gasteiger partial charge in [-0.1, -0.05) is 0 Å². The van der Waals surface area contributed by atoms with Crippen molar-refractivity contribution in [2.24, 2.45) is 0 Å². The van der Waals surface area contributed by atoms with E-state index in [2.05, 4.69) is 5.32 Å². The van der Waals surface area contributed by atoms with Crippen molar-refractivity contribution in [3.63, 3.8) is 0 Å². The summed E-state index contributed by atoms with van der Waals surface area (Å²) in [5, 5.41) is 2.62. The number of nitrogens with zero attached hydrogens (tertiary/aromatic N) is 1. The fourth-order valence-electron chi connectivity index (χ4n) is 2.64. The second kappa shape index (κ2) is 5.98. The molecule has 6 nitrogen and oxygen atoms in total. The van der Waals surface area contributed by atoms with Gasteiger partial charge in [-0.05, 0) is 45.0 Å². The normalized spacial score (nSPS) is 22.3. The number of hydrogen-bond acceptors (Lipinski definition) is 4. The Morgan fingerprint density at radius 1 is 1.32 bits per heavy atom. The summed E-state index contributed by atoms with van der Waals surface area (Å²) >= 11 is 0. The molecule has 122 valence electrons. The molecule has 1 amide bonds. The maximum absolute atomic E-state index is 12.7. The number of ether oxygens (including phenoxy) is 1. The molecule has 0 aliphatic carbocycles. The zero-order valence-corrected chi connectivity index (χ0v) is 14.1. The summed E-state index contributed by atoms with van der Waals surface area (Å²) in [6, 6.07) is 6.19. The van der Waals surface area contributed by atoms with Crippen LogP contribution in [-0.4, -0.2) is 43.4 Å². The number of anilines is 1. The molecule has 22 heavy (non-hydrogen) atoms. The molecule has 1 heterocycles. The summed E-state index contributed by atoms with van der Waals surface area (Å²) in [6.07, 6.45) is -0.155. The van der Waals surface area contributed by atoms with Crippen molar-refractivity contribution in [2.45, 2.75) is 44.3 Å². The number of amides is 1. The monoisotopic (exact) mass is 326 g/mol. The van der Waals surface area contributed by atoms with Gasteiger partial charge in [-0.3, -0.25) is 4.79 Å². The first kappa shape index (κ1) is 16.9. The lowest BCUT2D eigenvalue weighted by Gasteiger charge is -2.40. The minimum atomic E-state index is -3.57. The van der Waals surface area contributed by atoms with Crippen molar-refractivity contribution in [2.75, 3.05) is 18.4 Å². The SMILES string of the molecule is CC(=O)Nc1ccc(S(=O)(=O)N2CC(C)OC(C)(C)C2)cc1. The summed E-state index contributed by atoms with van der Waals surface area (Å²) < 4.78 is 32.7. The summed E-state index contributed by atoms with van der Waals surface area (Å²) in [4.78, 5) is 11.2. The molecule has 0 aromatic heterocycles. The van der Waals surface area contributed by atoms with E-state index < -0.39 is 15.6 Å². The number of carbonyl (C=O) groups is 1. The zero-order chi connectivity index (χ0) is 16.5. The third kappa shape index (κ3) is 3.85. The molecular formula is C15H22N2O4S. The molecule has 2 rings (SSSR count). The molecular weight excluding hydrogens is 304 g/mol. The van der Waals surface area contributed by atoms with Crippen molar-refractivity contribution >= 4 is 21.6 Å². The highest BCUT2D eigenvalue weighted by atomic mass is 32.2. The van der Waals surface area contributed by atoms with Gasteiger partial charge in [0.15, 0.2) is 0 Å². The standard InChI is InChI=1S/C15H22N2O4S/c1-11-9-17(10-15(3,4)21-11)22(19,20)14-7-5-13(6-8-14)16-12(2)18/h5-8,11H,9-10H2,1-4H3,(H,16,18). The van der Waals surface area contributed by atoms with E-state index in [1.807, 2.05) is 20.8 Å². The van der Waals surface area contributed by atoms with E-state index in [4.69, 9.17) is 4.74 Å². The van der Waals surface area contributed by atoms with Gasteiger partial charge in [0.1, 0.15) is 0 Å². The third-order valence-electron chi connectivity index (χ3n) is 3.35. The number of rotatable bonds is 3. The number of hydrogen-bond donors (Lipinski definition) is 1. The summed E-state index contributed by atoms with van der Waals surface area (Å²) in [6.45, 7) is 7.67. The van der Waals surface area contributed by atoms with Gasteiger partial charge in [-0.25, -0.2) is 8.42 Å². The van der Waals surface area contributed by atoms with Crippen LogP contribution in [0, 0.1) is 0 Å². The van der Waals surface area contributed by atoms with Crippen LogP contribution in [0.2, 0.25) is 0 Å². The second-order valence-electron chi connectivity index (χ2n) is 6.19. The smallest absolute Gasteiger partial charge is 0.243 e. The van der Waals surface area contributed by atoms with E-state index in [1.54, 1.807) is 12.1 Å². The van der Waals surface area contributed by atoms with Gasteiger partial charge in [-0.15, -0.1) is 0 Å². The molecule has 0 bridgehead atoms. The van der Waals surface area contributed by atoms with Gasteiger partial charge in [0, 0.05) is 25.7 Å². The minimum absolute atomic E-state index is 0.155. The Morgan fingerprint density at radius 2 is 1.91 bits per heavy atom. The largest absolute Gasteiger partial charge is 0.370 e. The number of morpholine rings is 1. The Kier molecular flexibility index (Phi) is 4.60. The van der Waals surface area contributed by atoms with E-state index in [1.165, 1.54) is 23.4 Å². The minimum Gasteiger partial charge on any atom is -0.370 e. The highest BCUT2D eigenvalue weighted by Gasteiger charge is 2.37. The maximum atomic E-state index is 12.7. The lowest BCUT2D eigenvalue weighted by atomic mass is 10.1. The van der Waals surface area contributed by atoms with Crippen LogP contribution in [0.1, 0.15) is 27.7 Å². The Hall–Kier alpha value is -1.44. The number of nitrogens with one attached hydrogen (secondary N) is 1. The molecule has 7 heteroatoms. The Labute approximate surface area is 131 Å². The Balaban J connectivity index is 2.24. The van der Waals surface area contributed by atoms with Crippen LogP contribution in [0.3, 0.4) is 0 Å². The fourth-order valence-corrected chi connectivity index (χ4v) is 4.31. The van der Waals surface area contributed by atoms with E-state index in [9.17, 15) is 13.2 Å². The molecule has 1 aliphatic heterocycles. The van der Waals surface area contributed by atoms with Crippen LogP contribution in [0.15, 0.2) is 29.2 Å². The van der Waals surface area contributed by atoms with Gasteiger partial charge >= 0.3 is 0 Å². The summed E-state index contributed by atoms with van der Waals surface area (Å²) in [5.74, 6) is -0.195. The van der Waals surface area contributed by atoms with Crippen LogP contribution in [0.4, 0.5) is 5.69 Å². The average Bonchev–Trinajstić information content (AvgIpc) is 2.36. The molecule has 1 unspecified atom stereocenters. The predicted molar refractivity (Wildman–Crippen MR) is 84.1 cm³/mol. The first-order valence-corrected chi connectivity index (χ1v) is 8.60. The van der Waals surface area contributed by atoms with E-state index in [-0.39, 0.29) is 16.9 Å². The zero-order valence-electron chi connectivity index (χ0n) is 13.3. The van der Waals surface area contributed by atoms with Crippen LogP contribution in [-0.2, 0) is 19.6 Å². The van der Waals surface area contributed by atoms with Crippen molar-refractivity contribution in [3.05, 3.63) is 24.3 Å². The van der Waals surface area contributed by atoms with Gasteiger partial charge < -0.3 is 10.1 Å². The van der Waals surface area contributed by atoms with Gasteiger partial charge in [0.2, 0.25) is 15.9 Å². The van der Waals surface area contributed by atoms with Gasteiger partial charge in [-0.2, -0.15) is 4.31 Å². The molecule has 1 atom stereocenters. The van der Waals surface area contributed by atoms with Gasteiger partial charge in [0.25, 0.3) is 0 Å². The third-order valence-corrected chi connectivity index (χ3v) is 5.18. The van der Waals surface area contributed by atoms with E-state index in [0.717, 1.165) is 0 Å². The molecule has 1 fully saturated rings. The average molecular weight is 326 g/mol. The molecule has 1 N–H and O–H groups in total. The maximum Gasteiger partial charge on any atom is 0.243 e. The lowest BCUT2D eigenvalue weighted by Crippen LogP contribution is -2.53. The topological polar surface area (TPSA) is 75.7 Å². The van der Waals surface area contributed by atoms with Crippen molar-refractivity contribution in [3.8, 4) is 0 Å². The fraction of sp³-hybridized carbons (Fsp3) is 0.533. The van der Waals surface area contributed by atoms with Gasteiger partial charge in [0.05, 0.1) is 16.6 Å². The number of benzene rings is 1. The summed E-state index contributed by atoms with van der Waals surface area (Å²) in [5.41, 5.74) is 0.0584. The highest BCUT2D eigenvalue weighted by molar-refractivity contribution is 7.89. The Morgan fingerprint density at radius 3 is 2.41 bits per heavy atom. The number of carbonyl (C=O) groups excluding carboxylic acids is 1. The first-order chi connectivity index (χ1) is 10.1. The number of sulfonamides is 1. The van der Waals surface area contributed by atoms with Crippen molar-refractivity contribution in [1.82, 2.24) is 4.31 Å². The first-order valence-electron chi connectivity index (χ1n) is 7.16. The lowest BCUT2D eigenvalue weighted by molar-refractivity contribution is -0.114. The summed E-state index contributed by atoms with van der Waals surface area (Å²) in [7, 11) is -3.57. The van der Waals surface area contributed by atoms with Crippen molar-refractivity contribution in [1.29, 1.82) is 0 Å². The molecule has 0 spiro atoms. The van der Waals surface area contributed by atoms with Crippen LogP contribution in [0.25, 0.3) is 0 Å². The predicted octanol–water partition coefficient (Wildman–Crippen LogP) is 1.83. The quantitative estimate of drug-likeness (QED) is 0.919. The molecule has 0 saturated carbocycles. The molecule has 0 radical (unpaired) electrons. The van der Waals surface area contributed by atoms with Crippen LogP contribution in [0.5, 0.6) is 0 Å². The second-order valence-corrected chi connectivity index (χ2v) is 8.13. The van der Waals surface area contributed by atoms with E-state index in [0.29, 0.717) is 18.8 Å². The van der Waals surface area contributed by atoms with Crippen LogP contribution < -0.4 is 5.32 Å². The highest BCUT2D eigenvalue weighted by Crippen LogP contribution is 2.26. The molecule has 1 saturated heterocycles. The molecule has 1 aliphatic rings. The van der Waals surface area contributed by atoms with E-state index >= 15 is 0 Å². The molecule has 1 aromatic rings. The molecule has 1 aromatic carbocycles. The van der Waals surface area contributed by atoms with Crippen molar-refractivity contribution < 1.29 is 17.9 Å². The Bertz CT molecular complexity index is 653.